The van der Waals surface area contributed by atoms with E-state index in [4.69, 9.17) is 0 Å². The second kappa shape index (κ2) is 6.30. The summed E-state index contributed by atoms with van der Waals surface area (Å²) in [4.78, 5) is 11.2. The van der Waals surface area contributed by atoms with Crippen LogP contribution in [-0.2, 0) is 6.54 Å². The van der Waals surface area contributed by atoms with Crippen LogP contribution in [0.3, 0.4) is 0 Å². The Labute approximate surface area is 115 Å². The van der Waals surface area contributed by atoms with Gasteiger partial charge in [0, 0.05) is 24.8 Å². The fourth-order valence-electron chi connectivity index (χ4n) is 2.57. The highest BCUT2D eigenvalue weighted by atomic mass is 16.3. The summed E-state index contributed by atoms with van der Waals surface area (Å²) < 4.78 is 0. The smallest absolute Gasteiger partial charge is 0.144 e. The van der Waals surface area contributed by atoms with E-state index >= 15 is 0 Å². The van der Waals surface area contributed by atoms with Gasteiger partial charge in [0.1, 0.15) is 11.6 Å². The van der Waals surface area contributed by atoms with Crippen molar-refractivity contribution in [3.63, 3.8) is 0 Å². The first kappa shape index (κ1) is 14.2. The Morgan fingerprint density at radius 2 is 2.16 bits per heavy atom. The van der Waals surface area contributed by atoms with Crippen LogP contribution in [0, 0.1) is 12.8 Å². The summed E-state index contributed by atoms with van der Waals surface area (Å²) in [6, 6.07) is 1.97. The Kier molecular flexibility index (Phi) is 4.71. The second-order valence-corrected chi connectivity index (χ2v) is 5.53. The lowest BCUT2D eigenvalue weighted by atomic mass is 9.82. The molecule has 1 aliphatic rings. The summed E-state index contributed by atoms with van der Waals surface area (Å²) in [5.74, 6) is 2.38. The van der Waals surface area contributed by atoms with Crippen LogP contribution in [0.2, 0.25) is 0 Å². The van der Waals surface area contributed by atoms with E-state index in [9.17, 15) is 5.11 Å². The lowest BCUT2D eigenvalue weighted by Gasteiger charge is -2.34. The highest BCUT2D eigenvalue weighted by molar-refractivity contribution is 5.35. The Balaban J connectivity index is 1.90. The molecule has 5 nitrogen and oxygen atoms in total. The van der Waals surface area contributed by atoms with Crippen LogP contribution in [-0.4, -0.2) is 46.2 Å². The Hall–Kier alpha value is -1.20. The third kappa shape index (κ3) is 4.14. The number of hydrogen-bond donors (Lipinski definition) is 2. The van der Waals surface area contributed by atoms with E-state index in [2.05, 4.69) is 34.2 Å². The van der Waals surface area contributed by atoms with Crippen molar-refractivity contribution in [1.82, 2.24) is 14.9 Å². The third-order valence-corrected chi connectivity index (χ3v) is 3.45. The van der Waals surface area contributed by atoms with Gasteiger partial charge in [-0.25, -0.2) is 9.97 Å². The number of hydrogen-bond acceptors (Lipinski definition) is 5. The molecule has 0 radical (unpaired) electrons. The van der Waals surface area contributed by atoms with Crippen molar-refractivity contribution in [2.24, 2.45) is 5.92 Å². The molecule has 19 heavy (non-hydrogen) atoms. The molecule has 5 heteroatoms. The molecule has 0 amide bonds. The van der Waals surface area contributed by atoms with Crippen molar-refractivity contribution in [2.45, 2.75) is 39.3 Å². The van der Waals surface area contributed by atoms with E-state index < -0.39 is 0 Å². The fourth-order valence-corrected chi connectivity index (χ4v) is 2.57. The van der Waals surface area contributed by atoms with E-state index in [0.717, 1.165) is 49.8 Å². The number of rotatable bonds is 6. The Morgan fingerprint density at radius 1 is 1.42 bits per heavy atom. The molecule has 2 N–H and O–H groups in total. The molecule has 0 unspecified atom stereocenters. The number of nitrogens with one attached hydrogen (secondary N) is 1. The number of aryl methyl sites for hydroxylation is 1. The van der Waals surface area contributed by atoms with E-state index in [1.807, 2.05) is 13.0 Å². The minimum absolute atomic E-state index is 0.0750. The summed E-state index contributed by atoms with van der Waals surface area (Å²) in [7, 11) is 2.09. The van der Waals surface area contributed by atoms with E-state index in [-0.39, 0.29) is 6.10 Å². The summed E-state index contributed by atoms with van der Waals surface area (Å²) in [6.07, 6.45) is 1.79. The summed E-state index contributed by atoms with van der Waals surface area (Å²) in [6.45, 7) is 6.68. The SMILES string of the molecule is CCNc1cc(C)nc(CN(C)CC2CC(O)C2)n1. The van der Waals surface area contributed by atoms with E-state index in [0.29, 0.717) is 5.92 Å². The van der Waals surface area contributed by atoms with E-state index in [1.54, 1.807) is 0 Å². The molecule has 2 rings (SSSR count). The van der Waals surface area contributed by atoms with Gasteiger partial charge in [-0.1, -0.05) is 0 Å². The number of aliphatic hydroxyl groups excluding tert-OH is 1. The van der Waals surface area contributed by atoms with Crippen LogP contribution in [0.15, 0.2) is 6.07 Å². The molecule has 1 heterocycles. The van der Waals surface area contributed by atoms with Crippen LogP contribution in [0.1, 0.15) is 31.3 Å². The molecule has 1 aromatic rings. The molecule has 0 aliphatic heterocycles. The number of aliphatic hydroxyl groups is 1. The molecular formula is C14H24N4O. The molecule has 106 valence electrons. The maximum atomic E-state index is 9.30. The molecule has 1 fully saturated rings. The summed E-state index contributed by atoms with van der Waals surface area (Å²) in [5.41, 5.74) is 0.994. The normalized spacial score (nSPS) is 22.4. The van der Waals surface area contributed by atoms with Gasteiger partial charge in [-0.3, -0.25) is 4.90 Å². The lowest BCUT2D eigenvalue weighted by Crippen LogP contribution is -2.37. The predicted octanol–water partition coefficient (Wildman–Crippen LogP) is 1.42. The first-order valence-corrected chi connectivity index (χ1v) is 7.02. The molecule has 0 saturated heterocycles. The van der Waals surface area contributed by atoms with Crippen LogP contribution in [0.5, 0.6) is 0 Å². The largest absolute Gasteiger partial charge is 0.393 e. The molecule has 0 bridgehead atoms. The van der Waals surface area contributed by atoms with Crippen molar-refractivity contribution in [3.05, 3.63) is 17.6 Å². The van der Waals surface area contributed by atoms with Crippen molar-refractivity contribution in [3.8, 4) is 0 Å². The minimum atomic E-state index is -0.0750. The van der Waals surface area contributed by atoms with Gasteiger partial charge in [-0.15, -0.1) is 0 Å². The van der Waals surface area contributed by atoms with Crippen molar-refractivity contribution in [2.75, 3.05) is 25.5 Å². The molecule has 0 aromatic carbocycles. The van der Waals surface area contributed by atoms with Crippen LogP contribution < -0.4 is 5.32 Å². The molecule has 0 spiro atoms. The van der Waals surface area contributed by atoms with Crippen molar-refractivity contribution in [1.29, 1.82) is 0 Å². The quantitative estimate of drug-likeness (QED) is 0.813. The zero-order valence-corrected chi connectivity index (χ0v) is 12.1. The molecule has 1 aliphatic carbocycles. The summed E-state index contributed by atoms with van der Waals surface area (Å²) >= 11 is 0. The van der Waals surface area contributed by atoms with Gasteiger partial charge in [0.2, 0.25) is 0 Å². The molecule has 1 saturated carbocycles. The minimum Gasteiger partial charge on any atom is -0.393 e. The lowest BCUT2D eigenvalue weighted by molar-refractivity contribution is 0.0271. The molecule has 0 atom stereocenters. The third-order valence-electron chi connectivity index (χ3n) is 3.45. The summed E-state index contributed by atoms with van der Waals surface area (Å²) in [5, 5.41) is 12.5. The van der Waals surface area contributed by atoms with Gasteiger partial charge >= 0.3 is 0 Å². The fraction of sp³-hybridized carbons (Fsp3) is 0.714. The van der Waals surface area contributed by atoms with Crippen LogP contribution in [0.25, 0.3) is 0 Å². The number of aromatic nitrogens is 2. The predicted molar refractivity (Wildman–Crippen MR) is 76.0 cm³/mol. The van der Waals surface area contributed by atoms with Gasteiger partial charge in [0.05, 0.1) is 12.6 Å². The van der Waals surface area contributed by atoms with Crippen molar-refractivity contribution < 1.29 is 5.11 Å². The van der Waals surface area contributed by atoms with Gasteiger partial charge in [-0.2, -0.15) is 0 Å². The molecule has 1 aromatic heterocycles. The van der Waals surface area contributed by atoms with Crippen LogP contribution in [0.4, 0.5) is 5.82 Å². The van der Waals surface area contributed by atoms with Gasteiger partial charge in [0.15, 0.2) is 0 Å². The topological polar surface area (TPSA) is 61.3 Å². The van der Waals surface area contributed by atoms with E-state index in [1.165, 1.54) is 0 Å². The standard InChI is InChI=1S/C14H24N4O/c1-4-15-13-5-10(2)16-14(17-13)9-18(3)8-11-6-12(19)7-11/h5,11-12,19H,4,6-9H2,1-3H3,(H,15,16,17). The average molecular weight is 264 g/mol. The van der Waals surface area contributed by atoms with Crippen LogP contribution >= 0.6 is 0 Å². The first-order chi connectivity index (χ1) is 9.06. The maximum Gasteiger partial charge on any atom is 0.144 e. The monoisotopic (exact) mass is 264 g/mol. The van der Waals surface area contributed by atoms with Gasteiger partial charge in [-0.05, 0) is 39.7 Å². The van der Waals surface area contributed by atoms with Gasteiger partial charge in [0.25, 0.3) is 0 Å². The number of nitrogens with zero attached hydrogens (tertiary/aromatic N) is 3. The zero-order chi connectivity index (χ0) is 13.8. The average Bonchev–Trinajstić information content (AvgIpc) is 2.26. The highest BCUT2D eigenvalue weighted by Crippen LogP contribution is 2.27. The Bertz CT molecular complexity index is 418. The zero-order valence-electron chi connectivity index (χ0n) is 12.1. The highest BCUT2D eigenvalue weighted by Gasteiger charge is 2.27. The first-order valence-electron chi connectivity index (χ1n) is 7.02. The number of anilines is 1. The Morgan fingerprint density at radius 3 is 2.79 bits per heavy atom. The molecular weight excluding hydrogens is 240 g/mol. The maximum absolute atomic E-state index is 9.30. The van der Waals surface area contributed by atoms with Gasteiger partial charge < -0.3 is 10.4 Å². The second-order valence-electron chi connectivity index (χ2n) is 5.53. The van der Waals surface area contributed by atoms with Crippen molar-refractivity contribution >= 4 is 5.82 Å².